The van der Waals surface area contributed by atoms with Crippen LogP contribution in [0.25, 0.3) is 0 Å². The fourth-order valence-electron chi connectivity index (χ4n) is 4.02. The number of aryl methyl sites for hydroxylation is 1. The maximum absolute atomic E-state index is 5.75. The summed E-state index contributed by atoms with van der Waals surface area (Å²) in [6.45, 7) is 5.97. The van der Waals surface area contributed by atoms with Crippen LogP contribution in [0, 0.1) is 13.8 Å². The second-order valence-corrected chi connectivity index (χ2v) is 7.99. The maximum atomic E-state index is 5.75. The summed E-state index contributed by atoms with van der Waals surface area (Å²) in [7, 11) is 4.16. The smallest absolute Gasteiger partial charge is 0.170 e. The molecule has 2 unspecified atom stereocenters. The lowest BCUT2D eigenvalue weighted by Crippen LogP contribution is -2.35. The van der Waals surface area contributed by atoms with Crippen molar-refractivity contribution >= 4 is 17.3 Å². The molecule has 152 valence electrons. The molecule has 1 fully saturated rings. The molecule has 0 spiro atoms. The highest BCUT2D eigenvalue weighted by Gasteiger charge is 2.41. The second-order valence-electron chi connectivity index (χ2n) is 7.60. The molecule has 1 aliphatic rings. The van der Waals surface area contributed by atoms with Crippen molar-refractivity contribution in [1.82, 2.24) is 39.7 Å². The number of rotatable bonds is 6. The Morgan fingerprint density at radius 1 is 1.17 bits per heavy atom. The van der Waals surface area contributed by atoms with Crippen LogP contribution in [0.3, 0.4) is 0 Å². The lowest BCUT2D eigenvalue weighted by Gasteiger charge is -2.29. The van der Waals surface area contributed by atoms with Crippen molar-refractivity contribution in [1.29, 1.82) is 0 Å². The van der Waals surface area contributed by atoms with E-state index in [2.05, 4.69) is 75.0 Å². The Labute approximate surface area is 176 Å². The Hall–Kier alpha value is -2.78. The van der Waals surface area contributed by atoms with E-state index in [1.807, 2.05) is 23.0 Å². The van der Waals surface area contributed by atoms with E-state index in [4.69, 9.17) is 12.2 Å². The Morgan fingerprint density at radius 3 is 2.59 bits per heavy atom. The highest BCUT2D eigenvalue weighted by Crippen LogP contribution is 2.40. The minimum absolute atomic E-state index is 0.0132. The zero-order chi connectivity index (χ0) is 20.5. The summed E-state index contributed by atoms with van der Waals surface area (Å²) in [5.74, 6) is 0. The molecule has 4 heterocycles. The SMILES string of the molecule is Cc1cc(C2C(c3ccccn3)NC(=S)N2CCN(C)C)c(C)n1-n1cnnc1. The number of thiocarbonyl (C=S) groups is 1. The molecular weight excluding hydrogens is 384 g/mol. The van der Waals surface area contributed by atoms with E-state index < -0.39 is 0 Å². The summed E-state index contributed by atoms with van der Waals surface area (Å²) >= 11 is 5.75. The third-order valence-electron chi connectivity index (χ3n) is 5.38. The predicted molar refractivity (Wildman–Crippen MR) is 115 cm³/mol. The number of hydrogen-bond acceptors (Lipinski definition) is 5. The zero-order valence-electron chi connectivity index (χ0n) is 17.1. The fraction of sp³-hybridized carbons (Fsp3) is 0.400. The van der Waals surface area contributed by atoms with Crippen LogP contribution >= 0.6 is 12.2 Å². The molecule has 0 radical (unpaired) electrons. The van der Waals surface area contributed by atoms with Gasteiger partial charge < -0.3 is 15.1 Å². The molecule has 0 bridgehead atoms. The largest absolute Gasteiger partial charge is 0.352 e. The molecule has 1 N–H and O–H groups in total. The first kappa shape index (κ1) is 19.5. The van der Waals surface area contributed by atoms with Gasteiger partial charge in [0, 0.05) is 36.2 Å². The van der Waals surface area contributed by atoms with E-state index in [1.54, 1.807) is 12.7 Å². The van der Waals surface area contributed by atoms with Gasteiger partial charge in [0.15, 0.2) is 5.11 Å². The molecule has 3 aromatic rings. The van der Waals surface area contributed by atoms with Crippen molar-refractivity contribution < 1.29 is 0 Å². The average molecular weight is 411 g/mol. The third kappa shape index (κ3) is 3.63. The van der Waals surface area contributed by atoms with Crippen LogP contribution in [0.1, 0.15) is 34.7 Å². The van der Waals surface area contributed by atoms with Gasteiger partial charge in [0.2, 0.25) is 0 Å². The normalized spacial score (nSPS) is 19.2. The van der Waals surface area contributed by atoms with Gasteiger partial charge in [-0.2, -0.15) is 0 Å². The van der Waals surface area contributed by atoms with E-state index >= 15 is 0 Å². The van der Waals surface area contributed by atoms with Gasteiger partial charge >= 0.3 is 0 Å². The Morgan fingerprint density at radius 2 is 1.93 bits per heavy atom. The van der Waals surface area contributed by atoms with Crippen molar-refractivity contribution in [3.05, 3.63) is 65.8 Å². The van der Waals surface area contributed by atoms with E-state index in [0.717, 1.165) is 35.3 Å². The van der Waals surface area contributed by atoms with Crippen LogP contribution in [0.2, 0.25) is 0 Å². The maximum Gasteiger partial charge on any atom is 0.170 e. The Kier molecular flexibility index (Phi) is 5.33. The van der Waals surface area contributed by atoms with E-state index in [0.29, 0.717) is 0 Å². The molecule has 0 aliphatic carbocycles. The molecular formula is C20H26N8S. The zero-order valence-corrected chi connectivity index (χ0v) is 18.0. The number of aromatic nitrogens is 5. The summed E-state index contributed by atoms with van der Waals surface area (Å²) in [5, 5.41) is 12.2. The summed E-state index contributed by atoms with van der Waals surface area (Å²) in [6, 6.07) is 8.28. The predicted octanol–water partition coefficient (Wildman–Crippen LogP) is 1.94. The molecule has 3 aromatic heterocycles. The molecule has 29 heavy (non-hydrogen) atoms. The molecule has 0 aromatic carbocycles. The van der Waals surface area contributed by atoms with Crippen molar-refractivity contribution in [3.63, 3.8) is 0 Å². The van der Waals surface area contributed by atoms with Crippen LogP contribution < -0.4 is 5.32 Å². The molecule has 9 heteroatoms. The number of hydrogen-bond donors (Lipinski definition) is 1. The second kappa shape index (κ2) is 7.92. The highest BCUT2D eigenvalue weighted by atomic mass is 32.1. The summed E-state index contributed by atoms with van der Waals surface area (Å²) < 4.78 is 4.02. The van der Waals surface area contributed by atoms with Crippen molar-refractivity contribution in [2.45, 2.75) is 25.9 Å². The molecule has 8 nitrogen and oxygen atoms in total. The van der Waals surface area contributed by atoms with Gasteiger partial charge in [0.05, 0.1) is 17.8 Å². The average Bonchev–Trinajstić information content (AvgIpc) is 3.39. The molecule has 1 saturated heterocycles. The van der Waals surface area contributed by atoms with Gasteiger partial charge in [-0.3, -0.25) is 9.66 Å². The monoisotopic (exact) mass is 410 g/mol. The first-order chi connectivity index (χ1) is 14.0. The van der Waals surface area contributed by atoms with Gasteiger partial charge in [-0.15, -0.1) is 10.2 Å². The Bertz CT molecular complexity index is 980. The minimum Gasteiger partial charge on any atom is -0.352 e. The fourth-order valence-corrected chi connectivity index (χ4v) is 4.36. The first-order valence-corrected chi connectivity index (χ1v) is 10.0. The van der Waals surface area contributed by atoms with Crippen LogP contribution in [-0.4, -0.2) is 66.6 Å². The summed E-state index contributed by atoms with van der Waals surface area (Å²) in [5.41, 5.74) is 4.45. The van der Waals surface area contributed by atoms with E-state index in [9.17, 15) is 0 Å². The van der Waals surface area contributed by atoms with Gasteiger partial charge in [-0.25, -0.2) is 4.68 Å². The third-order valence-corrected chi connectivity index (χ3v) is 5.73. The first-order valence-electron chi connectivity index (χ1n) is 9.64. The highest BCUT2D eigenvalue weighted by molar-refractivity contribution is 7.80. The van der Waals surface area contributed by atoms with E-state index in [-0.39, 0.29) is 12.1 Å². The van der Waals surface area contributed by atoms with Crippen molar-refractivity contribution in [3.8, 4) is 0 Å². The lowest BCUT2D eigenvalue weighted by molar-refractivity contribution is 0.277. The van der Waals surface area contributed by atoms with Gasteiger partial charge in [-0.1, -0.05) is 6.07 Å². The number of likely N-dealkylation sites (N-methyl/N-ethyl adjacent to an activating group) is 1. The molecule has 0 saturated carbocycles. The van der Waals surface area contributed by atoms with E-state index in [1.165, 1.54) is 5.56 Å². The molecule has 4 rings (SSSR count). The van der Waals surface area contributed by atoms with Crippen LogP contribution in [0.15, 0.2) is 43.1 Å². The molecule has 1 aliphatic heterocycles. The van der Waals surface area contributed by atoms with Crippen LogP contribution in [0.5, 0.6) is 0 Å². The number of pyridine rings is 1. The van der Waals surface area contributed by atoms with Crippen LogP contribution in [-0.2, 0) is 0 Å². The van der Waals surface area contributed by atoms with Gasteiger partial charge in [0.1, 0.15) is 12.7 Å². The molecule has 0 amide bonds. The standard InChI is InChI=1S/C20H26N8S/c1-14-11-16(15(2)28(14)26-12-22-23-13-26)19-18(17-7-5-6-8-21-17)24-20(29)27(19)10-9-25(3)4/h5-8,11-13,18-19H,9-10H2,1-4H3,(H,24,29). The van der Waals surface area contributed by atoms with Gasteiger partial charge in [-0.05, 0) is 58.4 Å². The summed E-state index contributed by atoms with van der Waals surface area (Å²) in [6.07, 6.45) is 5.25. The number of nitrogens with zero attached hydrogens (tertiary/aromatic N) is 7. The lowest BCUT2D eigenvalue weighted by atomic mass is 9.97. The van der Waals surface area contributed by atoms with Crippen molar-refractivity contribution in [2.75, 3.05) is 27.2 Å². The minimum atomic E-state index is -0.0132. The quantitative estimate of drug-likeness (QED) is 0.623. The molecule has 2 atom stereocenters. The van der Waals surface area contributed by atoms with Gasteiger partial charge in [0.25, 0.3) is 0 Å². The summed E-state index contributed by atoms with van der Waals surface area (Å²) in [4.78, 5) is 9.08. The topological polar surface area (TPSA) is 67.0 Å². The van der Waals surface area contributed by atoms with Crippen LogP contribution in [0.4, 0.5) is 0 Å². The Balaban J connectivity index is 1.79. The number of nitrogens with one attached hydrogen (secondary N) is 1. The van der Waals surface area contributed by atoms with Crippen molar-refractivity contribution in [2.24, 2.45) is 0 Å².